The molecule has 1 aromatic rings. The van der Waals surface area contributed by atoms with Crippen LogP contribution >= 0.6 is 0 Å². The molecule has 1 fully saturated rings. The third kappa shape index (κ3) is 5.80. The normalized spacial score (nSPS) is 22.1. The van der Waals surface area contributed by atoms with Crippen LogP contribution in [0, 0.1) is 5.92 Å². The summed E-state index contributed by atoms with van der Waals surface area (Å²) in [6, 6.07) is 4.01. The Balaban J connectivity index is 1.75. The zero-order valence-electron chi connectivity index (χ0n) is 14.5. The summed E-state index contributed by atoms with van der Waals surface area (Å²) >= 11 is 0. The van der Waals surface area contributed by atoms with E-state index in [-0.39, 0.29) is 11.7 Å². The highest BCUT2D eigenvalue weighted by Gasteiger charge is 2.34. The van der Waals surface area contributed by atoms with Gasteiger partial charge in [0.15, 0.2) is 0 Å². The van der Waals surface area contributed by atoms with Gasteiger partial charge in [-0.15, -0.1) is 0 Å². The Morgan fingerprint density at radius 2 is 1.95 bits per heavy atom. The topological polar surface area (TPSA) is 31.4 Å². The molecule has 122 valence electrons. The molecule has 1 aliphatic carbocycles. The maximum absolute atomic E-state index is 5.93. The number of allylic oxidation sites excluding steroid dienone is 1. The number of nitrogens with zero attached hydrogens (tertiary/aromatic N) is 1. The molecule has 0 aromatic carbocycles. The molecule has 1 aliphatic rings. The Kier molecular flexibility index (Phi) is 5.63. The fraction of sp³-hybridized carbons (Fsp3) is 0.632. The zero-order valence-corrected chi connectivity index (χ0v) is 14.5. The number of hydrogen-bond acceptors (Lipinski definition) is 3. The number of ether oxygens (including phenoxy) is 2. The van der Waals surface area contributed by atoms with Crippen LogP contribution in [-0.4, -0.2) is 22.8 Å². The Bertz CT molecular complexity index is 479. The molecule has 0 N–H and O–H groups in total. The molecule has 0 radical (unpaired) electrons. The smallest absolute Gasteiger partial charge is 0.138 e. The first-order valence-electron chi connectivity index (χ1n) is 8.29. The van der Waals surface area contributed by atoms with E-state index in [1.165, 1.54) is 0 Å². The lowest BCUT2D eigenvalue weighted by molar-refractivity contribution is -0.126. The molecule has 1 saturated carbocycles. The molecule has 0 unspecified atom stereocenters. The van der Waals surface area contributed by atoms with Gasteiger partial charge in [-0.05, 0) is 51.3 Å². The molecular weight excluding hydrogens is 274 g/mol. The summed E-state index contributed by atoms with van der Waals surface area (Å²) < 4.78 is 11.8. The molecule has 0 amide bonds. The molecule has 1 aromatic heterocycles. The van der Waals surface area contributed by atoms with Gasteiger partial charge in [0.1, 0.15) is 11.9 Å². The quantitative estimate of drug-likeness (QED) is 0.751. The third-order valence-electron chi connectivity index (χ3n) is 3.53. The highest BCUT2D eigenvalue weighted by atomic mass is 16.5. The van der Waals surface area contributed by atoms with Crippen molar-refractivity contribution in [1.29, 1.82) is 0 Å². The molecule has 1 heterocycles. The third-order valence-corrected chi connectivity index (χ3v) is 3.53. The van der Waals surface area contributed by atoms with Crippen LogP contribution in [0.15, 0.2) is 24.4 Å². The highest BCUT2D eigenvalue weighted by molar-refractivity contribution is 5.45. The summed E-state index contributed by atoms with van der Waals surface area (Å²) in [5.41, 5.74) is 0.914. The van der Waals surface area contributed by atoms with Crippen LogP contribution in [-0.2, 0) is 4.74 Å². The number of rotatable bonds is 6. The van der Waals surface area contributed by atoms with Gasteiger partial charge >= 0.3 is 0 Å². The highest BCUT2D eigenvalue weighted by Crippen LogP contribution is 2.31. The second-order valence-electron chi connectivity index (χ2n) is 7.51. The predicted octanol–water partition coefficient (Wildman–Crippen LogP) is 4.87. The van der Waals surface area contributed by atoms with E-state index in [2.05, 4.69) is 51.8 Å². The molecule has 3 nitrogen and oxygen atoms in total. The Labute approximate surface area is 134 Å². The van der Waals surface area contributed by atoms with Crippen molar-refractivity contribution in [2.24, 2.45) is 5.92 Å². The van der Waals surface area contributed by atoms with Crippen molar-refractivity contribution in [2.75, 3.05) is 0 Å². The molecule has 3 heteroatoms. The van der Waals surface area contributed by atoms with Crippen LogP contribution in [0.1, 0.15) is 59.6 Å². The second kappa shape index (κ2) is 7.28. The summed E-state index contributed by atoms with van der Waals surface area (Å²) in [6.07, 6.45) is 9.66. The first kappa shape index (κ1) is 17.0. The van der Waals surface area contributed by atoms with Crippen molar-refractivity contribution in [3.8, 4) is 5.75 Å². The first-order chi connectivity index (χ1) is 10.3. The summed E-state index contributed by atoms with van der Waals surface area (Å²) in [4.78, 5) is 4.42. The summed E-state index contributed by atoms with van der Waals surface area (Å²) in [5.74, 6) is 1.53. The SMILES string of the molecule is CC(C)C/C=C/c1ccc(OC2CC(OC(C)(C)C)C2)cn1. The molecule has 2 rings (SSSR count). The van der Waals surface area contributed by atoms with Crippen molar-refractivity contribution in [3.63, 3.8) is 0 Å². The lowest BCUT2D eigenvalue weighted by Gasteiger charge is -2.39. The fourth-order valence-electron chi connectivity index (χ4n) is 2.42. The van der Waals surface area contributed by atoms with Gasteiger partial charge in [0, 0.05) is 12.8 Å². The number of pyridine rings is 1. The van der Waals surface area contributed by atoms with E-state index >= 15 is 0 Å². The predicted molar refractivity (Wildman–Crippen MR) is 91.0 cm³/mol. The van der Waals surface area contributed by atoms with Gasteiger partial charge < -0.3 is 9.47 Å². The van der Waals surface area contributed by atoms with Crippen molar-refractivity contribution in [1.82, 2.24) is 4.98 Å². The maximum Gasteiger partial charge on any atom is 0.138 e. The second-order valence-corrected chi connectivity index (χ2v) is 7.51. The summed E-state index contributed by atoms with van der Waals surface area (Å²) in [7, 11) is 0. The van der Waals surface area contributed by atoms with Crippen molar-refractivity contribution in [2.45, 2.75) is 71.7 Å². The van der Waals surface area contributed by atoms with E-state index in [0.717, 1.165) is 30.7 Å². The van der Waals surface area contributed by atoms with Gasteiger partial charge in [-0.3, -0.25) is 4.98 Å². The maximum atomic E-state index is 5.93. The van der Waals surface area contributed by atoms with E-state index in [9.17, 15) is 0 Å². The Hall–Kier alpha value is -1.35. The molecule has 0 bridgehead atoms. The number of aromatic nitrogens is 1. The van der Waals surface area contributed by atoms with Crippen molar-refractivity contribution >= 4 is 6.08 Å². The van der Waals surface area contributed by atoms with E-state index < -0.39 is 0 Å². The standard InChI is InChI=1S/C19H29NO2/c1-14(2)7-6-8-15-9-10-16(13-20-15)21-17-11-18(12-17)22-19(3,4)5/h6,8-10,13-14,17-18H,7,11-12H2,1-5H3/b8-6+. The van der Waals surface area contributed by atoms with Crippen LogP contribution in [0.2, 0.25) is 0 Å². The lowest BCUT2D eigenvalue weighted by atomic mass is 9.91. The summed E-state index contributed by atoms with van der Waals surface area (Å²) in [5, 5.41) is 0. The van der Waals surface area contributed by atoms with Crippen LogP contribution in [0.5, 0.6) is 5.75 Å². The van der Waals surface area contributed by atoms with Crippen LogP contribution < -0.4 is 4.74 Å². The molecule has 22 heavy (non-hydrogen) atoms. The van der Waals surface area contributed by atoms with Crippen LogP contribution in [0.4, 0.5) is 0 Å². The first-order valence-corrected chi connectivity index (χ1v) is 8.29. The minimum Gasteiger partial charge on any atom is -0.489 e. The van der Waals surface area contributed by atoms with Gasteiger partial charge in [-0.2, -0.15) is 0 Å². The molecule has 0 saturated heterocycles. The van der Waals surface area contributed by atoms with Gasteiger partial charge in [0.2, 0.25) is 0 Å². The number of hydrogen-bond donors (Lipinski definition) is 0. The van der Waals surface area contributed by atoms with Gasteiger partial charge in [-0.1, -0.05) is 19.9 Å². The Morgan fingerprint density at radius 1 is 1.23 bits per heavy atom. The minimum absolute atomic E-state index is 0.0683. The van der Waals surface area contributed by atoms with E-state index in [1.54, 1.807) is 0 Å². The largest absolute Gasteiger partial charge is 0.489 e. The monoisotopic (exact) mass is 303 g/mol. The van der Waals surface area contributed by atoms with Gasteiger partial charge in [-0.25, -0.2) is 0 Å². The van der Waals surface area contributed by atoms with E-state index in [1.807, 2.05) is 18.3 Å². The molecular formula is C19H29NO2. The van der Waals surface area contributed by atoms with E-state index in [4.69, 9.17) is 9.47 Å². The molecule has 0 atom stereocenters. The minimum atomic E-state index is -0.0683. The van der Waals surface area contributed by atoms with Gasteiger partial charge in [0.05, 0.1) is 23.6 Å². The molecule has 0 spiro atoms. The average molecular weight is 303 g/mol. The van der Waals surface area contributed by atoms with Crippen molar-refractivity contribution < 1.29 is 9.47 Å². The van der Waals surface area contributed by atoms with Gasteiger partial charge in [0.25, 0.3) is 0 Å². The summed E-state index contributed by atoms with van der Waals surface area (Å²) in [6.45, 7) is 10.7. The van der Waals surface area contributed by atoms with E-state index in [0.29, 0.717) is 12.0 Å². The van der Waals surface area contributed by atoms with Crippen molar-refractivity contribution in [3.05, 3.63) is 30.1 Å². The molecule has 0 aliphatic heterocycles. The zero-order chi connectivity index (χ0) is 16.2. The lowest BCUT2D eigenvalue weighted by Crippen LogP contribution is -2.43. The van der Waals surface area contributed by atoms with Crippen LogP contribution in [0.25, 0.3) is 6.08 Å². The average Bonchev–Trinajstić information content (AvgIpc) is 2.36. The van der Waals surface area contributed by atoms with Crippen LogP contribution in [0.3, 0.4) is 0 Å². The fourth-order valence-corrected chi connectivity index (χ4v) is 2.42. The Morgan fingerprint density at radius 3 is 2.50 bits per heavy atom.